The summed E-state index contributed by atoms with van der Waals surface area (Å²) in [6, 6.07) is 3.38. The first-order chi connectivity index (χ1) is 8.95. The van der Waals surface area contributed by atoms with Gasteiger partial charge in [0.05, 0.1) is 10.7 Å². The first kappa shape index (κ1) is 14.6. The van der Waals surface area contributed by atoms with Crippen molar-refractivity contribution in [3.63, 3.8) is 0 Å². The van der Waals surface area contributed by atoms with Crippen LogP contribution in [0.25, 0.3) is 11.3 Å². The number of hydrogen-bond donors (Lipinski definition) is 1. The molecule has 0 radical (unpaired) electrons. The van der Waals surface area contributed by atoms with E-state index < -0.39 is 5.82 Å². The maximum Gasteiger partial charge on any atom is 0.152 e. The molecule has 0 atom stereocenters. The fourth-order valence-corrected chi connectivity index (χ4v) is 2.42. The number of halogens is 3. The van der Waals surface area contributed by atoms with Crippen LogP contribution in [0.1, 0.15) is 18.3 Å². The van der Waals surface area contributed by atoms with Gasteiger partial charge in [-0.05, 0) is 35.0 Å². The lowest BCUT2D eigenvalue weighted by Crippen LogP contribution is -2.01. The Morgan fingerprint density at radius 2 is 2.16 bits per heavy atom. The molecule has 1 aromatic carbocycles. The monoisotopic (exact) mass is 360 g/mol. The molecule has 0 unspecified atom stereocenters. The zero-order chi connectivity index (χ0) is 14.2. The largest absolute Gasteiger partial charge is 0.343 e. The second-order valence-electron chi connectivity index (χ2n) is 4.07. The topological polar surface area (TPSA) is 28.7 Å². The molecular formula is C13H11BrClFN2S. The minimum Gasteiger partial charge on any atom is -0.343 e. The lowest BCUT2D eigenvalue weighted by Gasteiger charge is -2.11. The van der Waals surface area contributed by atoms with Gasteiger partial charge in [-0.3, -0.25) is 0 Å². The molecule has 2 rings (SSSR count). The van der Waals surface area contributed by atoms with Gasteiger partial charge in [0.25, 0.3) is 0 Å². The van der Waals surface area contributed by atoms with Crippen molar-refractivity contribution in [3.8, 4) is 11.3 Å². The normalized spacial score (nSPS) is 10.8. The van der Waals surface area contributed by atoms with Crippen molar-refractivity contribution in [1.82, 2.24) is 9.97 Å². The summed E-state index contributed by atoms with van der Waals surface area (Å²) in [6.45, 7) is 3.77. The molecule has 19 heavy (non-hydrogen) atoms. The molecule has 0 aliphatic heterocycles. The van der Waals surface area contributed by atoms with E-state index in [1.807, 2.05) is 13.8 Å². The van der Waals surface area contributed by atoms with Gasteiger partial charge in [0.15, 0.2) is 5.82 Å². The minimum atomic E-state index is -0.474. The van der Waals surface area contributed by atoms with Gasteiger partial charge in [-0.2, -0.15) is 0 Å². The molecule has 2 nitrogen and oxygen atoms in total. The van der Waals surface area contributed by atoms with Gasteiger partial charge in [0, 0.05) is 22.0 Å². The number of nitrogens with zero attached hydrogens (tertiary/aromatic N) is 1. The highest BCUT2D eigenvalue weighted by molar-refractivity contribution is 9.10. The van der Waals surface area contributed by atoms with Crippen LogP contribution in [-0.4, -0.2) is 9.97 Å². The average molecular weight is 362 g/mol. The van der Waals surface area contributed by atoms with Gasteiger partial charge >= 0.3 is 0 Å². The molecule has 0 aliphatic rings. The molecule has 0 fully saturated rings. The third-order valence-corrected chi connectivity index (χ3v) is 4.50. The van der Waals surface area contributed by atoms with E-state index in [9.17, 15) is 4.39 Å². The number of nitrogens with one attached hydrogen (secondary N) is 1. The van der Waals surface area contributed by atoms with Gasteiger partial charge in [-0.25, -0.2) is 9.37 Å². The van der Waals surface area contributed by atoms with E-state index in [0.717, 1.165) is 11.4 Å². The predicted octanol–water partition coefficient (Wildman–Crippen LogP) is 5.23. The molecule has 1 aromatic heterocycles. The van der Waals surface area contributed by atoms with Gasteiger partial charge in [-0.1, -0.05) is 30.7 Å². The first-order valence-corrected chi connectivity index (χ1v) is 7.27. The number of aromatic amines is 1. The van der Waals surface area contributed by atoms with E-state index in [4.69, 9.17) is 23.8 Å². The summed E-state index contributed by atoms with van der Waals surface area (Å²) < 4.78 is 15.3. The fourth-order valence-electron chi connectivity index (χ4n) is 1.74. The van der Waals surface area contributed by atoms with Crippen LogP contribution in [0.3, 0.4) is 0 Å². The first-order valence-electron chi connectivity index (χ1n) is 5.69. The van der Waals surface area contributed by atoms with E-state index >= 15 is 0 Å². The molecule has 0 aliphatic carbocycles. The molecule has 0 bridgehead atoms. The van der Waals surface area contributed by atoms with E-state index in [1.165, 1.54) is 0 Å². The Balaban J connectivity index is 2.75. The maximum absolute atomic E-state index is 14.3. The second kappa shape index (κ2) is 5.69. The average Bonchev–Trinajstić information content (AvgIpc) is 2.40. The molecule has 1 heterocycles. The summed E-state index contributed by atoms with van der Waals surface area (Å²) in [5, 5.41) is 0.0612. The van der Waals surface area contributed by atoms with Gasteiger partial charge < -0.3 is 4.98 Å². The second-order valence-corrected chi connectivity index (χ2v) is 5.68. The lowest BCUT2D eigenvalue weighted by molar-refractivity contribution is 0.630. The number of aryl methyl sites for hydroxylation is 1. The molecule has 1 N–H and O–H groups in total. The fraction of sp³-hybridized carbons (Fsp3) is 0.231. The van der Waals surface area contributed by atoms with E-state index in [0.29, 0.717) is 26.8 Å². The molecule has 6 heteroatoms. The van der Waals surface area contributed by atoms with Crippen LogP contribution in [0, 0.1) is 17.4 Å². The van der Waals surface area contributed by atoms with Crippen molar-refractivity contribution in [2.24, 2.45) is 0 Å². The van der Waals surface area contributed by atoms with Crippen LogP contribution in [-0.2, 0) is 6.42 Å². The van der Waals surface area contributed by atoms with Crippen molar-refractivity contribution in [2.45, 2.75) is 20.3 Å². The van der Waals surface area contributed by atoms with Crippen molar-refractivity contribution in [3.05, 3.63) is 43.5 Å². The summed E-state index contributed by atoms with van der Waals surface area (Å²) in [7, 11) is 0. The lowest BCUT2D eigenvalue weighted by atomic mass is 10.1. The molecule has 0 saturated carbocycles. The van der Waals surface area contributed by atoms with E-state index in [-0.39, 0.29) is 5.02 Å². The van der Waals surface area contributed by atoms with Crippen LogP contribution in [0.4, 0.5) is 4.39 Å². The zero-order valence-electron chi connectivity index (χ0n) is 10.4. The third kappa shape index (κ3) is 2.73. The Morgan fingerprint density at radius 1 is 1.47 bits per heavy atom. The summed E-state index contributed by atoms with van der Waals surface area (Å²) in [6.07, 6.45) is 0.697. The summed E-state index contributed by atoms with van der Waals surface area (Å²) in [5.41, 5.74) is 1.77. The van der Waals surface area contributed by atoms with Crippen LogP contribution in [0.2, 0.25) is 5.02 Å². The highest BCUT2D eigenvalue weighted by atomic mass is 79.9. The van der Waals surface area contributed by atoms with Crippen molar-refractivity contribution < 1.29 is 4.39 Å². The van der Waals surface area contributed by atoms with Gasteiger partial charge in [-0.15, -0.1) is 0 Å². The van der Waals surface area contributed by atoms with Gasteiger partial charge in [0.2, 0.25) is 0 Å². The number of benzene rings is 1. The number of H-pyrrole nitrogens is 1. The molecule has 2 aromatic rings. The van der Waals surface area contributed by atoms with Gasteiger partial charge in [0.1, 0.15) is 10.5 Å². The third-order valence-electron chi connectivity index (χ3n) is 2.84. The zero-order valence-corrected chi connectivity index (χ0v) is 13.5. The van der Waals surface area contributed by atoms with E-state index in [2.05, 4.69) is 25.9 Å². The number of hydrogen-bond acceptors (Lipinski definition) is 2. The minimum absolute atomic E-state index is 0.0612. The van der Waals surface area contributed by atoms with Crippen LogP contribution >= 0.6 is 39.7 Å². The van der Waals surface area contributed by atoms with Crippen molar-refractivity contribution in [2.75, 3.05) is 0 Å². The molecule has 0 saturated heterocycles. The van der Waals surface area contributed by atoms with Crippen molar-refractivity contribution in [1.29, 1.82) is 0 Å². The quantitative estimate of drug-likeness (QED) is 0.586. The summed E-state index contributed by atoms with van der Waals surface area (Å²) >= 11 is 14.3. The van der Waals surface area contributed by atoms with Crippen LogP contribution < -0.4 is 0 Å². The predicted molar refractivity (Wildman–Crippen MR) is 81.6 cm³/mol. The molecule has 0 spiro atoms. The Hall–Kier alpha value is -0.780. The Morgan fingerprint density at radius 3 is 2.79 bits per heavy atom. The van der Waals surface area contributed by atoms with Crippen LogP contribution in [0.5, 0.6) is 0 Å². The Kier molecular flexibility index (Phi) is 4.38. The van der Waals surface area contributed by atoms with Crippen LogP contribution in [0.15, 0.2) is 16.6 Å². The highest BCUT2D eigenvalue weighted by Crippen LogP contribution is 2.33. The number of aromatic nitrogens is 2. The Bertz CT molecular complexity index is 700. The van der Waals surface area contributed by atoms with Crippen molar-refractivity contribution >= 4 is 39.7 Å². The smallest absolute Gasteiger partial charge is 0.152 e. The highest BCUT2D eigenvalue weighted by Gasteiger charge is 2.15. The van der Waals surface area contributed by atoms with E-state index in [1.54, 1.807) is 12.1 Å². The molecule has 100 valence electrons. The summed E-state index contributed by atoms with van der Waals surface area (Å²) in [5.74, 6) is 0.252. The molecule has 0 amide bonds. The SMILES string of the molecule is CCc1nc(=S)c(C)c(-c2ccc(Br)c(Cl)c2F)[nH]1. The number of rotatable bonds is 2. The maximum atomic E-state index is 14.3. The summed E-state index contributed by atoms with van der Waals surface area (Å²) in [4.78, 5) is 7.36. The standard InChI is InChI=1S/C13H11BrClFN2S/c1-3-9-17-12(6(2)13(19)18-9)7-4-5-8(14)10(15)11(7)16/h4-5H,3H2,1-2H3,(H,17,18,19). The Labute approximate surface area is 129 Å². The molecular weight excluding hydrogens is 351 g/mol.